The normalized spacial score (nSPS) is 10.5. The van der Waals surface area contributed by atoms with Crippen LogP contribution in [0, 0.1) is 11.6 Å². The largest absolute Gasteiger partial charge is 0.294 e. The van der Waals surface area contributed by atoms with Gasteiger partial charge in [-0.15, -0.1) is 0 Å². The molecule has 98 valence electrons. The van der Waals surface area contributed by atoms with Crippen molar-refractivity contribution < 1.29 is 18.4 Å². The van der Waals surface area contributed by atoms with E-state index in [0.717, 1.165) is 18.2 Å². The molecule has 4 nitrogen and oxygen atoms in total. The minimum absolute atomic E-state index is 0.118. The third-order valence-electron chi connectivity index (χ3n) is 2.55. The van der Waals surface area contributed by atoms with Crippen molar-refractivity contribution in [2.75, 3.05) is 0 Å². The van der Waals surface area contributed by atoms with Gasteiger partial charge in [0.2, 0.25) is 0 Å². The van der Waals surface area contributed by atoms with Crippen LogP contribution in [0.4, 0.5) is 8.78 Å². The van der Waals surface area contributed by atoms with E-state index in [9.17, 15) is 18.4 Å². The lowest BCUT2D eigenvalue weighted by Gasteiger charge is -2.01. The molecule has 2 aromatic rings. The van der Waals surface area contributed by atoms with Crippen LogP contribution >= 0.6 is 0 Å². The third kappa shape index (κ3) is 2.90. The highest BCUT2D eigenvalue weighted by Gasteiger charge is 2.18. The minimum Gasteiger partial charge on any atom is -0.294 e. The Kier molecular flexibility index (Phi) is 3.50. The minimum atomic E-state index is -0.847. The zero-order valence-electron chi connectivity index (χ0n) is 10.1. The molecular weight excluding hydrogens is 254 g/mol. The molecule has 0 bridgehead atoms. The number of ketones is 2. The SMILES string of the molecule is Cn1ccc(C(=O)CC(=O)c2cc(F)ccc2F)n1. The summed E-state index contributed by atoms with van der Waals surface area (Å²) in [5.74, 6) is -2.88. The Hall–Kier alpha value is -2.37. The standard InChI is InChI=1S/C13H10F2N2O2/c1-17-5-4-11(16-17)13(19)7-12(18)9-6-8(14)2-3-10(9)15/h2-6H,7H2,1H3. The zero-order chi connectivity index (χ0) is 14.0. The number of Topliss-reactive ketones (excluding diaryl/α,β-unsaturated/α-hetero) is 2. The van der Waals surface area contributed by atoms with Crippen molar-refractivity contribution in [3.8, 4) is 0 Å². The van der Waals surface area contributed by atoms with Crippen LogP contribution in [0.15, 0.2) is 30.5 Å². The maximum atomic E-state index is 13.4. The van der Waals surface area contributed by atoms with Crippen molar-refractivity contribution >= 4 is 11.6 Å². The smallest absolute Gasteiger partial charge is 0.190 e. The number of carbonyl (C=O) groups excluding carboxylic acids is 2. The van der Waals surface area contributed by atoms with Gasteiger partial charge in [0, 0.05) is 13.2 Å². The molecule has 1 heterocycles. The summed E-state index contributed by atoms with van der Waals surface area (Å²) in [6.45, 7) is 0. The second kappa shape index (κ2) is 5.09. The molecule has 2 rings (SSSR count). The first kappa shape index (κ1) is 13.1. The van der Waals surface area contributed by atoms with E-state index in [2.05, 4.69) is 5.10 Å². The summed E-state index contributed by atoms with van der Waals surface area (Å²) < 4.78 is 27.7. The topological polar surface area (TPSA) is 52.0 Å². The molecule has 1 aromatic heterocycles. The highest BCUT2D eigenvalue weighted by Crippen LogP contribution is 2.13. The number of rotatable bonds is 4. The average molecular weight is 264 g/mol. The molecule has 0 radical (unpaired) electrons. The number of carbonyl (C=O) groups is 2. The van der Waals surface area contributed by atoms with E-state index in [1.807, 2.05) is 0 Å². The van der Waals surface area contributed by atoms with Crippen molar-refractivity contribution in [2.24, 2.45) is 7.05 Å². The highest BCUT2D eigenvalue weighted by molar-refractivity contribution is 6.12. The lowest BCUT2D eigenvalue weighted by Crippen LogP contribution is -2.11. The summed E-state index contributed by atoms with van der Waals surface area (Å²) in [6.07, 6.45) is 1.01. The van der Waals surface area contributed by atoms with Gasteiger partial charge < -0.3 is 0 Å². The second-order valence-corrected chi connectivity index (χ2v) is 4.02. The molecule has 19 heavy (non-hydrogen) atoms. The predicted molar refractivity (Wildman–Crippen MR) is 62.8 cm³/mol. The number of hydrogen-bond acceptors (Lipinski definition) is 3. The molecule has 0 spiro atoms. The monoisotopic (exact) mass is 264 g/mol. The molecule has 0 saturated heterocycles. The number of benzene rings is 1. The molecule has 1 aromatic carbocycles. The molecule has 0 N–H and O–H groups in total. The van der Waals surface area contributed by atoms with E-state index in [1.165, 1.54) is 10.7 Å². The first-order valence-electron chi connectivity index (χ1n) is 5.48. The van der Waals surface area contributed by atoms with E-state index in [4.69, 9.17) is 0 Å². The molecule has 6 heteroatoms. The van der Waals surface area contributed by atoms with E-state index in [-0.39, 0.29) is 5.69 Å². The zero-order valence-corrected chi connectivity index (χ0v) is 10.1. The van der Waals surface area contributed by atoms with E-state index >= 15 is 0 Å². The number of nitrogens with zero attached hydrogens (tertiary/aromatic N) is 2. The quantitative estimate of drug-likeness (QED) is 0.628. The van der Waals surface area contributed by atoms with Gasteiger partial charge in [-0.3, -0.25) is 14.3 Å². The Balaban J connectivity index is 2.17. The van der Waals surface area contributed by atoms with Crippen LogP contribution in [0.25, 0.3) is 0 Å². The van der Waals surface area contributed by atoms with E-state index < -0.39 is 35.2 Å². The van der Waals surface area contributed by atoms with Crippen molar-refractivity contribution in [1.82, 2.24) is 9.78 Å². The van der Waals surface area contributed by atoms with Crippen molar-refractivity contribution in [1.29, 1.82) is 0 Å². The molecule has 0 unspecified atom stereocenters. The summed E-state index contributed by atoms with van der Waals surface area (Å²) >= 11 is 0. The van der Waals surface area contributed by atoms with Crippen LogP contribution in [0.2, 0.25) is 0 Å². The van der Waals surface area contributed by atoms with Gasteiger partial charge in [-0.25, -0.2) is 8.78 Å². The number of halogens is 2. The van der Waals surface area contributed by atoms with E-state index in [0.29, 0.717) is 0 Å². The maximum Gasteiger partial charge on any atom is 0.190 e. The number of aryl methyl sites for hydroxylation is 1. The number of aromatic nitrogens is 2. The van der Waals surface area contributed by atoms with Gasteiger partial charge >= 0.3 is 0 Å². The van der Waals surface area contributed by atoms with Crippen LogP contribution in [0.1, 0.15) is 27.3 Å². The third-order valence-corrected chi connectivity index (χ3v) is 2.55. The average Bonchev–Trinajstić information content (AvgIpc) is 2.79. The molecule has 0 aliphatic carbocycles. The molecular formula is C13H10F2N2O2. The van der Waals surface area contributed by atoms with Crippen molar-refractivity contribution in [3.63, 3.8) is 0 Å². The molecule has 0 atom stereocenters. The van der Waals surface area contributed by atoms with Crippen LogP contribution < -0.4 is 0 Å². The molecule has 0 amide bonds. The molecule has 0 aliphatic rings. The van der Waals surface area contributed by atoms with Crippen molar-refractivity contribution in [3.05, 3.63) is 53.4 Å². The van der Waals surface area contributed by atoms with Gasteiger partial charge in [0.25, 0.3) is 0 Å². The lowest BCUT2D eigenvalue weighted by molar-refractivity contribution is 0.0888. The van der Waals surface area contributed by atoms with Gasteiger partial charge in [-0.2, -0.15) is 5.10 Å². The van der Waals surface area contributed by atoms with Gasteiger partial charge in [0.05, 0.1) is 12.0 Å². The predicted octanol–water partition coefficient (Wildman–Crippen LogP) is 2.15. The summed E-state index contributed by atoms with van der Waals surface area (Å²) in [7, 11) is 1.63. The van der Waals surface area contributed by atoms with Crippen molar-refractivity contribution in [2.45, 2.75) is 6.42 Å². The summed E-state index contributed by atoms with van der Waals surface area (Å²) in [5.41, 5.74) is -0.308. The second-order valence-electron chi connectivity index (χ2n) is 4.02. The fourth-order valence-corrected chi connectivity index (χ4v) is 1.61. The summed E-state index contributed by atoms with van der Waals surface area (Å²) in [5, 5.41) is 3.84. The van der Waals surface area contributed by atoms with Gasteiger partial charge in [0.15, 0.2) is 11.6 Å². The molecule has 0 fully saturated rings. The Morgan fingerprint density at radius 1 is 1.21 bits per heavy atom. The number of hydrogen-bond donors (Lipinski definition) is 0. The molecule has 0 saturated carbocycles. The Bertz CT molecular complexity index is 650. The first-order valence-corrected chi connectivity index (χ1v) is 5.48. The summed E-state index contributed by atoms with van der Waals surface area (Å²) in [4.78, 5) is 23.5. The first-order chi connectivity index (χ1) is 8.97. The van der Waals surface area contributed by atoms with Crippen LogP contribution in [0.3, 0.4) is 0 Å². The van der Waals surface area contributed by atoms with Gasteiger partial charge in [0.1, 0.15) is 17.3 Å². The van der Waals surface area contributed by atoms with Crippen LogP contribution in [-0.4, -0.2) is 21.3 Å². The van der Waals surface area contributed by atoms with Crippen LogP contribution in [0.5, 0.6) is 0 Å². The Morgan fingerprint density at radius 3 is 2.58 bits per heavy atom. The van der Waals surface area contributed by atoms with Gasteiger partial charge in [-0.1, -0.05) is 0 Å². The highest BCUT2D eigenvalue weighted by atomic mass is 19.1. The Morgan fingerprint density at radius 2 is 1.95 bits per heavy atom. The van der Waals surface area contributed by atoms with E-state index in [1.54, 1.807) is 13.2 Å². The van der Waals surface area contributed by atoms with Gasteiger partial charge in [-0.05, 0) is 24.3 Å². The van der Waals surface area contributed by atoms with Crippen LogP contribution in [-0.2, 0) is 7.05 Å². The molecule has 0 aliphatic heterocycles. The fourth-order valence-electron chi connectivity index (χ4n) is 1.61. The lowest BCUT2D eigenvalue weighted by atomic mass is 10.0. The fraction of sp³-hybridized carbons (Fsp3) is 0.154. The Labute approximate surface area is 107 Å². The summed E-state index contributed by atoms with van der Waals surface area (Å²) in [6, 6.07) is 4.00. The maximum absolute atomic E-state index is 13.4.